The summed E-state index contributed by atoms with van der Waals surface area (Å²) in [7, 11) is 2.03. The molecule has 2 fully saturated rings. The first kappa shape index (κ1) is 17.4. The third-order valence-electron chi connectivity index (χ3n) is 5.43. The number of carbonyl (C=O) groups is 1. The number of piperazine rings is 1. The largest absolute Gasteiger partial charge is 0.381 e. The Bertz CT molecular complexity index is 539. The number of hydrogen-bond donors (Lipinski definition) is 0. The number of imidazole rings is 1. The summed E-state index contributed by atoms with van der Waals surface area (Å²) >= 11 is 0. The van der Waals surface area contributed by atoms with Crippen LogP contribution >= 0.6 is 0 Å². The van der Waals surface area contributed by atoms with Crippen molar-refractivity contribution in [3.63, 3.8) is 0 Å². The molecule has 3 rings (SSSR count). The van der Waals surface area contributed by atoms with E-state index in [1.807, 2.05) is 24.3 Å². The molecule has 6 nitrogen and oxygen atoms in total. The first-order chi connectivity index (χ1) is 11.7. The molecular formula is C18H30N4O2. The molecule has 134 valence electrons. The quantitative estimate of drug-likeness (QED) is 0.824. The number of nitrogens with zero attached hydrogens (tertiary/aromatic N) is 4. The second kappa shape index (κ2) is 8.12. The standard InChI is InChI=1S/C18H30N4O2/c1-3-21-10-11-22(13-16(21)18-19-8-9-20(18)2)17(23)7-6-15-5-4-12-24-14-15/h8-9,15-16H,3-7,10-14H2,1-2H3/t15-,16-/m1/s1. The smallest absolute Gasteiger partial charge is 0.222 e. The molecule has 0 aliphatic carbocycles. The average molecular weight is 334 g/mol. The summed E-state index contributed by atoms with van der Waals surface area (Å²) in [4.78, 5) is 21.6. The first-order valence-electron chi connectivity index (χ1n) is 9.25. The predicted octanol–water partition coefficient (Wildman–Crippen LogP) is 1.83. The van der Waals surface area contributed by atoms with Crippen LogP contribution < -0.4 is 0 Å². The molecule has 0 aromatic carbocycles. The van der Waals surface area contributed by atoms with E-state index in [-0.39, 0.29) is 11.9 Å². The van der Waals surface area contributed by atoms with E-state index < -0.39 is 0 Å². The molecule has 1 amide bonds. The van der Waals surface area contributed by atoms with Crippen LogP contribution in [0.15, 0.2) is 12.4 Å². The third-order valence-corrected chi connectivity index (χ3v) is 5.43. The van der Waals surface area contributed by atoms with Crippen molar-refractivity contribution >= 4 is 5.91 Å². The van der Waals surface area contributed by atoms with E-state index in [0.29, 0.717) is 12.3 Å². The van der Waals surface area contributed by atoms with Crippen molar-refractivity contribution in [1.29, 1.82) is 0 Å². The number of amides is 1. The van der Waals surface area contributed by atoms with Gasteiger partial charge in [0.15, 0.2) is 0 Å². The van der Waals surface area contributed by atoms with Crippen LogP contribution in [0.25, 0.3) is 0 Å². The Morgan fingerprint density at radius 3 is 2.96 bits per heavy atom. The molecule has 3 heterocycles. The van der Waals surface area contributed by atoms with Crippen LogP contribution in [0.1, 0.15) is 44.5 Å². The van der Waals surface area contributed by atoms with Crippen LogP contribution in [0.4, 0.5) is 0 Å². The normalized spacial score (nSPS) is 25.8. The molecule has 2 aliphatic rings. The van der Waals surface area contributed by atoms with Crippen LogP contribution in [-0.2, 0) is 16.6 Å². The third kappa shape index (κ3) is 3.98. The Hall–Kier alpha value is -1.40. The van der Waals surface area contributed by atoms with E-state index >= 15 is 0 Å². The summed E-state index contributed by atoms with van der Waals surface area (Å²) in [5, 5.41) is 0. The maximum absolute atomic E-state index is 12.7. The van der Waals surface area contributed by atoms with Crippen LogP contribution in [-0.4, -0.2) is 64.7 Å². The van der Waals surface area contributed by atoms with Gasteiger partial charge >= 0.3 is 0 Å². The Morgan fingerprint density at radius 1 is 1.42 bits per heavy atom. The van der Waals surface area contributed by atoms with Gasteiger partial charge in [-0.1, -0.05) is 6.92 Å². The molecular weight excluding hydrogens is 304 g/mol. The molecule has 2 saturated heterocycles. The van der Waals surface area contributed by atoms with Crippen molar-refractivity contribution in [2.75, 3.05) is 39.4 Å². The van der Waals surface area contributed by atoms with Crippen LogP contribution in [0.3, 0.4) is 0 Å². The van der Waals surface area contributed by atoms with Crippen LogP contribution in [0, 0.1) is 5.92 Å². The van der Waals surface area contributed by atoms with Gasteiger partial charge in [-0.05, 0) is 31.7 Å². The van der Waals surface area contributed by atoms with Crippen molar-refractivity contribution in [2.24, 2.45) is 13.0 Å². The maximum Gasteiger partial charge on any atom is 0.222 e. The summed E-state index contributed by atoms with van der Waals surface area (Å²) < 4.78 is 7.60. The van der Waals surface area contributed by atoms with E-state index in [4.69, 9.17) is 4.74 Å². The topological polar surface area (TPSA) is 50.6 Å². The molecule has 0 radical (unpaired) electrons. The van der Waals surface area contributed by atoms with Crippen molar-refractivity contribution in [3.8, 4) is 0 Å². The Balaban J connectivity index is 1.57. The van der Waals surface area contributed by atoms with Crippen molar-refractivity contribution in [1.82, 2.24) is 19.4 Å². The fourth-order valence-electron chi connectivity index (χ4n) is 3.89. The maximum atomic E-state index is 12.7. The highest BCUT2D eigenvalue weighted by atomic mass is 16.5. The minimum atomic E-state index is 0.200. The number of aryl methyl sites for hydroxylation is 1. The fourth-order valence-corrected chi connectivity index (χ4v) is 3.89. The van der Waals surface area contributed by atoms with Crippen molar-refractivity contribution in [2.45, 2.75) is 38.6 Å². The van der Waals surface area contributed by atoms with E-state index in [1.54, 1.807) is 0 Å². The van der Waals surface area contributed by atoms with E-state index in [2.05, 4.69) is 21.4 Å². The summed E-state index contributed by atoms with van der Waals surface area (Å²) in [5.74, 6) is 1.90. The molecule has 24 heavy (non-hydrogen) atoms. The lowest BCUT2D eigenvalue weighted by Gasteiger charge is -2.40. The van der Waals surface area contributed by atoms with E-state index in [0.717, 1.165) is 58.1 Å². The van der Waals surface area contributed by atoms with Gasteiger partial charge < -0.3 is 14.2 Å². The molecule has 0 N–H and O–H groups in total. The summed E-state index contributed by atoms with van der Waals surface area (Å²) in [6.45, 7) is 7.37. The molecule has 6 heteroatoms. The Kier molecular flexibility index (Phi) is 5.89. The molecule has 0 saturated carbocycles. The lowest BCUT2D eigenvalue weighted by atomic mass is 9.96. The van der Waals surface area contributed by atoms with Gasteiger partial charge in [-0.2, -0.15) is 0 Å². The molecule has 0 bridgehead atoms. The second-order valence-corrected chi connectivity index (χ2v) is 7.00. The van der Waals surface area contributed by atoms with Gasteiger partial charge in [0.2, 0.25) is 5.91 Å². The number of rotatable bonds is 5. The number of ether oxygens (including phenoxy) is 1. The van der Waals surface area contributed by atoms with Gasteiger partial charge in [0.25, 0.3) is 0 Å². The highest BCUT2D eigenvalue weighted by Crippen LogP contribution is 2.25. The van der Waals surface area contributed by atoms with E-state index in [1.165, 1.54) is 6.42 Å². The molecule has 1 aromatic heterocycles. The SMILES string of the molecule is CCN1CCN(C(=O)CC[C@H]2CCCOC2)C[C@@H]1c1nccn1C. The molecule has 1 aromatic rings. The monoisotopic (exact) mass is 334 g/mol. The fraction of sp³-hybridized carbons (Fsp3) is 0.778. The number of hydrogen-bond acceptors (Lipinski definition) is 4. The zero-order valence-electron chi connectivity index (χ0n) is 15.0. The van der Waals surface area contributed by atoms with Gasteiger partial charge in [-0.3, -0.25) is 9.69 Å². The Morgan fingerprint density at radius 2 is 2.29 bits per heavy atom. The van der Waals surface area contributed by atoms with E-state index in [9.17, 15) is 4.79 Å². The van der Waals surface area contributed by atoms with Gasteiger partial charge in [0, 0.05) is 58.7 Å². The number of likely N-dealkylation sites (N-methyl/N-ethyl adjacent to an activating group) is 1. The zero-order valence-corrected chi connectivity index (χ0v) is 15.0. The van der Waals surface area contributed by atoms with Gasteiger partial charge in [-0.15, -0.1) is 0 Å². The van der Waals surface area contributed by atoms with Crippen molar-refractivity contribution < 1.29 is 9.53 Å². The predicted molar refractivity (Wildman–Crippen MR) is 92.6 cm³/mol. The Labute approximate surface area is 144 Å². The van der Waals surface area contributed by atoms with Crippen molar-refractivity contribution in [3.05, 3.63) is 18.2 Å². The van der Waals surface area contributed by atoms with Gasteiger partial charge in [-0.25, -0.2) is 4.98 Å². The molecule has 0 spiro atoms. The number of carbonyl (C=O) groups excluding carboxylic acids is 1. The van der Waals surface area contributed by atoms with Gasteiger partial charge in [0.05, 0.1) is 6.04 Å². The average Bonchev–Trinajstić information content (AvgIpc) is 3.05. The molecule has 2 atom stereocenters. The highest BCUT2D eigenvalue weighted by molar-refractivity contribution is 5.76. The number of aromatic nitrogens is 2. The lowest BCUT2D eigenvalue weighted by molar-refractivity contribution is -0.135. The second-order valence-electron chi connectivity index (χ2n) is 7.00. The molecule has 2 aliphatic heterocycles. The summed E-state index contributed by atoms with van der Waals surface area (Å²) in [6.07, 6.45) is 7.76. The van der Waals surface area contributed by atoms with Crippen LogP contribution in [0.5, 0.6) is 0 Å². The summed E-state index contributed by atoms with van der Waals surface area (Å²) in [6, 6.07) is 0.200. The highest BCUT2D eigenvalue weighted by Gasteiger charge is 2.32. The lowest BCUT2D eigenvalue weighted by Crippen LogP contribution is -2.51. The molecule has 0 unspecified atom stereocenters. The zero-order chi connectivity index (χ0) is 16.9. The van der Waals surface area contributed by atoms with Gasteiger partial charge in [0.1, 0.15) is 5.82 Å². The minimum absolute atomic E-state index is 0.200. The minimum Gasteiger partial charge on any atom is -0.381 e. The first-order valence-corrected chi connectivity index (χ1v) is 9.25. The van der Waals surface area contributed by atoms with Crippen LogP contribution in [0.2, 0.25) is 0 Å². The summed E-state index contributed by atoms with van der Waals surface area (Å²) in [5.41, 5.74) is 0.